The summed E-state index contributed by atoms with van der Waals surface area (Å²) in [5.41, 5.74) is 0.138. The molecule has 0 aliphatic heterocycles. The maximum absolute atomic E-state index is 11.9. The number of hydrogen-bond donors (Lipinski definition) is 2. The Labute approximate surface area is 131 Å². The van der Waals surface area contributed by atoms with Crippen molar-refractivity contribution in [2.75, 3.05) is 0 Å². The first-order valence-corrected chi connectivity index (χ1v) is 7.12. The maximum Gasteiger partial charge on any atom is 0.408 e. The summed E-state index contributed by atoms with van der Waals surface area (Å²) in [7, 11) is 0. The lowest BCUT2D eigenvalue weighted by molar-refractivity contribution is -0.140. The third-order valence-electron chi connectivity index (χ3n) is 2.99. The monoisotopic (exact) mass is 305 g/mol. The van der Waals surface area contributed by atoms with E-state index in [4.69, 9.17) is 4.74 Å². The number of ether oxygens (including phenoxy) is 1. The van der Waals surface area contributed by atoms with Crippen LogP contribution in [-0.4, -0.2) is 28.8 Å². The first-order chi connectivity index (χ1) is 10.2. The molecule has 0 radical (unpaired) electrons. The lowest BCUT2D eigenvalue weighted by Gasteiger charge is -2.26. The number of carbonyl (C=O) groups is 2. The lowest BCUT2D eigenvalue weighted by Crippen LogP contribution is -2.46. The molecule has 120 valence electrons. The fourth-order valence-electron chi connectivity index (χ4n) is 2.11. The third kappa shape index (κ3) is 5.60. The van der Waals surface area contributed by atoms with Crippen LogP contribution in [-0.2, 0) is 9.53 Å². The van der Waals surface area contributed by atoms with Crippen molar-refractivity contribution < 1.29 is 19.4 Å². The van der Waals surface area contributed by atoms with Crippen molar-refractivity contribution >= 4 is 12.1 Å². The number of hydrogen-bond acceptors (Lipinski definition) is 3. The molecule has 1 aromatic carbocycles. The van der Waals surface area contributed by atoms with Gasteiger partial charge in [-0.05, 0) is 32.8 Å². The Bertz CT molecular complexity index is 519. The molecule has 0 aliphatic carbocycles. The average molecular weight is 305 g/mol. The summed E-state index contributed by atoms with van der Waals surface area (Å²) in [6.07, 6.45) is 1.33. The minimum Gasteiger partial charge on any atom is -0.480 e. The summed E-state index contributed by atoms with van der Waals surface area (Å²) in [6.45, 7) is 8.84. The summed E-state index contributed by atoms with van der Waals surface area (Å²) < 4.78 is 5.14. The van der Waals surface area contributed by atoms with Gasteiger partial charge in [-0.2, -0.15) is 0 Å². The molecule has 0 heterocycles. The Balaban J connectivity index is 2.97. The van der Waals surface area contributed by atoms with Gasteiger partial charge in [0.05, 0.1) is 0 Å². The summed E-state index contributed by atoms with van der Waals surface area (Å²) in [6, 6.07) is 8.10. The van der Waals surface area contributed by atoms with Crippen molar-refractivity contribution in [1.29, 1.82) is 0 Å². The van der Waals surface area contributed by atoms with Gasteiger partial charge in [0, 0.05) is 5.92 Å². The number of amides is 1. The molecule has 0 spiro atoms. The fourth-order valence-corrected chi connectivity index (χ4v) is 2.11. The van der Waals surface area contributed by atoms with Crippen LogP contribution in [0.3, 0.4) is 0 Å². The van der Waals surface area contributed by atoms with Gasteiger partial charge in [0.2, 0.25) is 0 Å². The second-order valence-corrected chi connectivity index (χ2v) is 6.00. The minimum absolute atomic E-state index is 0.413. The van der Waals surface area contributed by atoms with Crippen molar-refractivity contribution in [2.45, 2.75) is 44.8 Å². The summed E-state index contributed by atoms with van der Waals surface area (Å²) >= 11 is 0. The van der Waals surface area contributed by atoms with Gasteiger partial charge in [-0.25, -0.2) is 9.59 Å². The fraction of sp³-hybridized carbons (Fsp3) is 0.412. The Kier molecular flexibility index (Phi) is 6.16. The molecule has 1 amide bonds. The van der Waals surface area contributed by atoms with E-state index in [0.29, 0.717) is 6.42 Å². The zero-order valence-corrected chi connectivity index (χ0v) is 13.2. The molecule has 2 unspecified atom stereocenters. The normalized spacial score (nSPS) is 13.8. The van der Waals surface area contributed by atoms with E-state index in [-0.39, 0.29) is 0 Å². The van der Waals surface area contributed by atoms with E-state index in [2.05, 4.69) is 11.9 Å². The van der Waals surface area contributed by atoms with E-state index in [1.165, 1.54) is 0 Å². The minimum atomic E-state index is -1.11. The highest BCUT2D eigenvalue weighted by molar-refractivity contribution is 5.81. The van der Waals surface area contributed by atoms with Crippen LogP contribution in [0.1, 0.15) is 38.7 Å². The van der Waals surface area contributed by atoms with E-state index >= 15 is 0 Å². The summed E-state index contributed by atoms with van der Waals surface area (Å²) in [5, 5.41) is 11.9. The van der Waals surface area contributed by atoms with E-state index in [1.54, 1.807) is 26.8 Å². The van der Waals surface area contributed by atoms with Crippen LogP contribution in [0.4, 0.5) is 4.79 Å². The number of benzene rings is 1. The number of alkyl carbamates (subject to hydrolysis) is 1. The molecule has 1 aromatic rings. The highest BCUT2D eigenvalue weighted by Gasteiger charge is 2.31. The van der Waals surface area contributed by atoms with Crippen LogP contribution in [0.15, 0.2) is 43.0 Å². The molecule has 2 N–H and O–H groups in total. The topological polar surface area (TPSA) is 75.6 Å². The van der Waals surface area contributed by atoms with Gasteiger partial charge in [-0.1, -0.05) is 36.4 Å². The molecule has 1 rings (SSSR count). The second-order valence-electron chi connectivity index (χ2n) is 6.00. The van der Waals surface area contributed by atoms with Crippen molar-refractivity contribution in [3.8, 4) is 0 Å². The number of allylic oxidation sites excluding steroid dienone is 1. The summed E-state index contributed by atoms with van der Waals surface area (Å²) in [5.74, 6) is -1.52. The maximum atomic E-state index is 11.9. The second kappa shape index (κ2) is 7.64. The van der Waals surface area contributed by atoms with Crippen molar-refractivity contribution in [1.82, 2.24) is 5.32 Å². The van der Waals surface area contributed by atoms with Crippen LogP contribution in [0.5, 0.6) is 0 Å². The SMILES string of the molecule is C=CCC(c1ccccc1)C(NC(=O)OC(C)(C)C)C(=O)O. The number of carbonyl (C=O) groups excluding carboxylic acids is 1. The predicted octanol–water partition coefficient (Wildman–Crippen LogP) is 3.32. The van der Waals surface area contributed by atoms with E-state index in [0.717, 1.165) is 5.56 Å². The molecule has 0 fully saturated rings. The van der Waals surface area contributed by atoms with Crippen LogP contribution < -0.4 is 5.32 Å². The first kappa shape index (κ1) is 17.8. The van der Waals surface area contributed by atoms with Gasteiger partial charge in [-0.3, -0.25) is 0 Å². The summed E-state index contributed by atoms with van der Waals surface area (Å²) in [4.78, 5) is 23.5. The van der Waals surface area contributed by atoms with Gasteiger partial charge in [0.1, 0.15) is 11.6 Å². The van der Waals surface area contributed by atoms with Gasteiger partial charge in [0.25, 0.3) is 0 Å². The third-order valence-corrected chi connectivity index (χ3v) is 2.99. The standard InChI is InChI=1S/C17H23NO4/c1-5-9-13(12-10-7-6-8-11-12)14(15(19)20)18-16(21)22-17(2,3)4/h5-8,10-11,13-14H,1,9H2,2-4H3,(H,18,21)(H,19,20). The largest absolute Gasteiger partial charge is 0.480 e. The first-order valence-electron chi connectivity index (χ1n) is 7.12. The molecular weight excluding hydrogens is 282 g/mol. The van der Waals surface area contributed by atoms with E-state index in [1.807, 2.05) is 30.3 Å². The molecule has 0 saturated carbocycles. The quantitative estimate of drug-likeness (QED) is 0.790. The predicted molar refractivity (Wildman–Crippen MR) is 84.8 cm³/mol. The zero-order valence-electron chi connectivity index (χ0n) is 13.2. The number of nitrogens with one attached hydrogen (secondary N) is 1. The highest BCUT2D eigenvalue weighted by Crippen LogP contribution is 2.24. The molecule has 0 bridgehead atoms. The van der Waals surface area contributed by atoms with Gasteiger partial charge >= 0.3 is 12.1 Å². The lowest BCUT2D eigenvalue weighted by atomic mass is 9.88. The number of aliphatic carboxylic acids is 1. The Morgan fingerprint density at radius 3 is 2.36 bits per heavy atom. The van der Waals surface area contributed by atoms with Crippen LogP contribution in [0.2, 0.25) is 0 Å². The van der Waals surface area contributed by atoms with Crippen molar-refractivity contribution in [2.24, 2.45) is 0 Å². The van der Waals surface area contributed by atoms with Crippen LogP contribution in [0.25, 0.3) is 0 Å². The molecule has 5 nitrogen and oxygen atoms in total. The molecular formula is C17H23NO4. The molecule has 0 saturated heterocycles. The van der Waals surface area contributed by atoms with E-state index in [9.17, 15) is 14.7 Å². The Hall–Kier alpha value is -2.30. The number of carboxylic acid groups (broad SMARTS) is 1. The van der Waals surface area contributed by atoms with E-state index < -0.39 is 29.6 Å². The van der Waals surface area contributed by atoms with Crippen LogP contribution in [0, 0.1) is 0 Å². The van der Waals surface area contributed by atoms with Gasteiger partial charge < -0.3 is 15.2 Å². The van der Waals surface area contributed by atoms with Crippen molar-refractivity contribution in [3.05, 3.63) is 48.6 Å². The van der Waals surface area contributed by atoms with Gasteiger partial charge in [-0.15, -0.1) is 6.58 Å². The molecule has 0 aromatic heterocycles. The van der Waals surface area contributed by atoms with Gasteiger partial charge in [0.15, 0.2) is 0 Å². The number of carboxylic acids is 1. The molecule has 0 aliphatic rings. The smallest absolute Gasteiger partial charge is 0.408 e. The Morgan fingerprint density at radius 2 is 1.91 bits per heavy atom. The van der Waals surface area contributed by atoms with Crippen LogP contribution >= 0.6 is 0 Å². The molecule has 2 atom stereocenters. The highest BCUT2D eigenvalue weighted by atomic mass is 16.6. The Morgan fingerprint density at radius 1 is 1.32 bits per heavy atom. The number of rotatable bonds is 6. The van der Waals surface area contributed by atoms with Crippen molar-refractivity contribution in [3.63, 3.8) is 0 Å². The molecule has 22 heavy (non-hydrogen) atoms. The molecule has 5 heteroatoms. The average Bonchev–Trinajstić information content (AvgIpc) is 2.41. The zero-order chi connectivity index (χ0) is 16.8.